The molecule has 3 heteroatoms. The van der Waals surface area contributed by atoms with E-state index in [4.69, 9.17) is 0 Å². The second kappa shape index (κ2) is 4.13. The highest BCUT2D eigenvalue weighted by Crippen LogP contribution is 2.35. The van der Waals surface area contributed by atoms with Crippen LogP contribution in [0.15, 0.2) is 12.1 Å². The highest BCUT2D eigenvalue weighted by Gasteiger charge is 2.29. The van der Waals surface area contributed by atoms with Crippen LogP contribution in [0.3, 0.4) is 0 Å². The number of nitrogens with zero attached hydrogens (tertiary/aromatic N) is 1. The van der Waals surface area contributed by atoms with Gasteiger partial charge >= 0.3 is 0 Å². The molecule has 1 aromatic rings. The van der Waals surface area contributed by atoms with Crippen molar-refractivity contribution in [2.24, 2.45) is 5.92 Å². The minimum atomic E-state index is -0.478. The van der Waals surface area contributed by atoms with Gasteiger partial charge in [0.2, 0.25) is 0 Å². The van der Waals surface area contributed by atoms with Crippen molar-refractivity contribution < 1.29 is 8.78 Å². The SMILES string of the molecule is CC(C)C1CN(C)Cc2cc(F)cc(F)c21. The Bertz CT molecular complexity index is 401. The molecule has 0 spiro atoms. The third-order valence-electron chi connectivity index (χ3n) is 3.30. The van der Waals surface area contributed by atoms with Gasteiger partial charge in [-0.25, -0.2) is 8.78 Å². The molecule has 1 unspecified atom stereocenters. The second-order valence-electron chi connectivity index (χ2n) is 5.01. The number of rotatable bonds is 1. The molecule has 0 bridgehead atoms. The van der Waals surface area contributed by atoms with E-state index in [-0.39, 0.29) is 11.7 Å². The molecule has 0 radical (unpaired) electrons. The molecule has 2 rings (SSSR count). The van der Waals surface area contributed by atoms with E-state index in [1.807, 2.05) is 7.05 Å². The Labute approximate surface area is 95.1 Å². The molecule has 0 amide bonds. The van der Waals surface area contributed by atoms with Crippen molar-refractivity contribution >= 4 is 0 Å². The van der Waals surface area contributed by atoms with Gasteiger partial charge in [0.05, 0.1) is 0 Å². The van der Waals surface area contributed by atoms with E-state index in [9.17, 15) is 8.78 Å². The summed E-state index contributed by atoms with van der Waals surface area (Å²) in [5, 5.41) is 0. The van der Waals surface area contributed by atoms with Crippen molar-refractivity contribution in [3.8, 4) is 0 Å². The van der Waals surface area contributed by atoms with Gasteiger partial charge in [0.15, 0.2) is 0 Å². The Morgan fingerprint density at radius 3 is 2.62 bits per heavy atom. The molecular weight excluding hydrogens is 208 g/mol. The van der Waals surface area contributed by atoms with Crippen LogP contribution in [0.1, 0.15) is 30.9 Å². The second-order valence-corrected chi connectivity index (χ2v) is 5.01. The van der Waals surface area contributed by atoms with Crippen molar-refractivity contribution in [1.29, 1.82) is 0 Å². The number of likely N-dealkylation sites (N-methyl/N-ethyl adjacent to an activating group) is 1. The van der Waals surface area contributed by atoms with E-state index in [1.54, 1.807) is 0 Å². The Morgan fingerprint density at radius 2 is 2.00 bits per heavy atom. The molecule has 1 aromatic carbocycles. The maximum Gasteiger partial charge on any atom is 0.129 e. The maximum atomic E-state index is 13.8. The smallest absolute Gasteiger partial charge is 0.129 e. The van der Waals surface area contributed by atoms with Gasteiger partial charge < -0.3 is 4.90 Å². The third kappa shape index (κ3) is 1.96. The fourth-order valence-electron chi connectivity index (χ4n) is 2.51. The molecular formula is C13H17F2N. The van der Waals surface area contributed by atoms with Crippen LogP contribution in [0.5, 0.6) is 0 Å². The number of fused-ring (bicyclic) bond motifs is 1. The summed E-state index contributed by atoms with van der Waals surface area (Å²) in [5.41, 5.74) is 1.51. The molecule has 16 heavy (non-hydrogen) atoms. The van der Waals surface area contributed by atoms with Crippen molar-refractivity contribution in [2.45, 2.75) is 26.3 Å². The predicted octanol–water partition coefficient (Wildman–Crippen LogP) is 3.15. The van der Waals surface area contributed by atoms with Crippen LogP contribution in [0.25, 0.3) is 0 Å². The zero-order valence-electron chi connectivity index (χ0n) is 9.93. The lowest BCUT2D eigenvalue weighted by molar-refractivity contribution is 0.247. The quantitative estimate of drug-likeness (QED) is 0.709. The lowest BCUT2D eigenvalue weighted by Gasteiger charge is -2.34. The molecule has 0 aromatic heterocycles. The Morgan fingerprint density at radius 1 is 1.31 bits per heavy atom. The van der Waals surface area contributed by atoms with Crippen molar-refractivity contribution in [3.05, 3.63) is 34.9 Å². The first kappa shape index (κ1) is 11.5. The van der Waals surface area contributed by atoms with Crippen LogP contribution >= 0.6 is 0 Å². The first-order valence-electron chi connectivity index (χ1n) is 5.65. The van der Waals surface area contributed by atoms with E-state index >= 15 is 0 Å². The Balaban J connectivity index is 2.52. The molecule has 0 aliphatic carbocycles. The minimum absolute atomic E-state index is 0.161. The fraction of sp³-hybridized carbons (Fsp3) is 0.538. The molecule has 1 atom stereocenters. The van der Waals surface area contributed by atoms with Crippen LogP contribution in [0.2, 0.25) is 0 Å². The van der Waals surface area contributed by atoms with Crippen LogP contribution in [0, 0.1) is 17.6 Å². The Kier molecular flexibility index (Phi) is 2.98. The van der Waals surface area contributed by atoms with E-state index in [1.165, 1.54) is 6.07 Å². The van der Waals surface area contributed by atoms with Gasteiger partial charge in [0.1, 0.15) is 11.6 Å². The Hall–Kier alpha value is -0.960. The topological polar surface area (TPSA) is 3.24 Å². The maximum absolute atomic E-state index is 13.8. The van der Waals surface area contributed by atoms with Gasteiger partial charge in [-0.2, -0.15) is 0 Å². The summed E-state index contributed by atoms with van der Waals surface area (Å²) in [6, 6.07) is 2.46. The van der Waals surface area contributed by atoms with E-state index in [0.717, 1.165) is 23.7 Å². The summed E-state index contributed by atoms with van der Waals surface area (Å²) in [7, 11) is 1.99. The number of hydrogen-bond donors (Lipinski definition) is 0. The average Bonchev–Trinajstić information content (AvgIpc) is 2.14. The molecule has 1 heterocycles. The molecule has 1 nitrogen and oxygen atoms in total. The summed E-state index contributed by atoms with van der Waals surface area (Å²) in [4.78, 5) is 2.12. The standard InChI is InChI=1S/C13H17F2N/c1-8(2)11-7-16(3)6-9-4-10(14)5-12(15)13(9)11/h4-5,8,11H,6-7H2,1-3H3. The molecule has 0 N–H and O–H groups in total. The van der Waals surface area contributed by atoms with Crippen molar-refractivity contribution in [1.82, 2.24) is 4.90 Å². The van der Waals surface area contributed by atoms with Crippen LogP contribution in [0.4, 0.5) is 8.78 Å². The van der Waals surface area contributed by atoms with E-state index in [0.29, 0.717) is 12.5 Å². The molecule has 0 saturated heterocycles. The monoisotopic (exact) mass is 225 g/mol. The van der Waals surface area contributed by atoms with Crippen LogP contribution < -0.4 is 0 Å². The molecule has 1 aliphatic heterocycles. The highest BCUT2D eigenvalue weighted by atomic mass is 19.1. The summed E-state index contributed by atoms with van der Waals surface area (Å²) in [5.74, 6) is -0.341. The zero-order chi connectivity index (χ0) is 11.9. The first-order chi connectivity index (χ1) is 7.49. The first-order valence-corrected chi connectivity index (χ1v) is 5.65. The lowest BCUT2D eigenvalue weighted by Crippen LogP contribution is -2.33. The summed E-state index contributed by atoms with van der Waals surface area (Å²) < 4.78 is 27.0. The van der Waals surface area contributed by atoms with Crippen molar-refractivity contribution in [2.75, 3.05) is 13.6 Å². The van der Waals surface area contributed by atoms with Gasteiger partial charge in [0.25, 0.3) is 0 Å². The summed E-state index contributed by atoms with van der Waals surface area (Å²) in [6.07, 6.45) is 0. The zero-order valence-corrected chi connectivity index (χ0v) is 9.93. The average molecular weight is 225 g/mol. The van der Waals surface area contributed by atoms with E-state index in [2.05, 4.69) is 18.7 Å². The highest BCUT2D eigenvalue weighted by molar-refractivity contribution is 5.35. The normalized spacial score (nSPS) is 21.2. The summed E-state index contributed by atoms with van der Waals surface area (Å²) >= 11 is 0. The van der Waals surface area contributed by atoms with Gasteiger partial charge in [-0.3, -0.25) is 0 Å². The fourth-order valence-corrected chi connectivity index (χ4v) is 2.51. The number of hydrogen-bond acceptors (Lipinski definition) is 1. The van der Waals surface area contributed by atoms with E-state index < -0.39 is 5.82 Å². The predicted molar refractivity (Wildman–Crippen MR) is 60.3 cm³/mol. The molecule has 0 fully saturated rings. The van der Waals surface area contributed by atoms with Gasteiger partial charge in [-0.15, -0.1) is 0 Å². The van der Waals surface area contributed by atoms with Gasteiger partial charge in [0, 0.05) is 25.1 Å². The van der Waals surface area contributed by atoms with Gasteiger partial charge in [-0.1, -0.05) is 13.8 Å². The molecule has 88 valence electrons. The number of benzene rings is 1. The number of halogens is 2. The lowest BCUT2D eigenvalue weighted by atomic mass is 9.82. The largest absolute Gasteiger partial charge is 0.301 e. The van der Waals surface area contributed by atoms with Crippen LogP contribution in [-0.2, 0) is 6.54 Å². The molecule has 0 saturated carbocycles. The van der Waals surface area contributed by atoms with Crippen molar-refractivity contribution in [3.63, 3.8) is 0 Å². The molecule has 1 aliphatic rings. The van der Waals surface area contributed by atoms with Crippen LogP contribution in [-0.4, -0.2) is 18.5 Å². The summed E-state index contributed by atoms with van der Waals surface area (Å²) in [6.45, 7) is 5.63. The third-order valence-corrected chi connectivity index (χ3v) is 3.30. The van der Waals surface area contributed by atoms with Gasteiger partial charge in [-0.05, 0) is 30.2 Å². The minimum Gasteiger partial charge on any atom is -0.301 e.